The van der Waals surface area contributed by atoms with Crippen molar-refractivity contribution in [3.8, 4) is 5.69 Å². The number of aryl methyl sites for hydroxylation is 1. The molecular formula is C11H9ClN2O2. The average Bonchev–Trinajstić information content (AvgIpc) is 2.74. The van der Waals surface area contributed by atoms with E-state index in [-0.39, 0.29) is 10.6 Å². The van der Waals surface area contributed by atoms with Crippen LogP contribution in [0.4, 0.5) is 0 Å². The van der Waals surface area contributed by atoms with Gasteiger partial charge in [0, 0.05) is 12.4 Å². The molecule has 0 aliphatic rings. The van der Waals surface area contributed by atoms with Gasteiger partial charge in [0.2, 0.25) is 0 Å². The molecule has 0 saturated carbocycles. The second-order valence-corrected chi connectivity index (χ2v) is 3.76. The number of carboxylic acids is 1. The van der Waals surface area contributed by atoms with Crippen LogP contribution >= 0.6 is 11.6 Å². The molecule has 5 heteroatoms. The number of halogens is 1. The van der Waals surface area contributed by atoms with Gasteiger partial charge in [-0.05, 0) is 30.7 Å². The van der Waals surface area contributed by atoms with E-state index in [1.165, 1.54) is 6.07 Å². The van der Waals surface area contributed by atoms with E-state index in [2.05, 4.69) is 5.10 Å². The summed E-state index contributed by atoms with van der Waals surface area (Å²) in [5.41, 5.74) is 1.49. The van der Waals surface area contributed by atoms with Crippen molar-refractivity contribution < 1.29 is 9.90 Å². The van der Waals surface area contributed by atoms with Crippen molar-refractivity contribution in [3.05, 3.63) is 46.7 Å². The van der Waals surface area contributed by atoms with Crippen LogP contribution in [-0.4, -0.2) is 20.9 Å². The summed E-state index contributed by atoms with van der Waals surface area (Å²) in [7, 11) is 0. The highest BCUT2D eigenvalue weighted by Crippen LogP contribution is 2.24. The van der Waals surface area contributed by atoms with Crippen LogP contribution < -0.4 is 0 Å². The number of carbonyl (C=O) groups is 1. The van der Waals surface area contributed by atoms with Crippen LogP contribution in [-0.2, 0) is 0 Å². The minimum Gasteiger partial charge on any atom is -0.478 e. The predicted octanol–water partition coefficient (Wildman–Crippen LogP) is 2.53. The maximum atomic E-state index is 11.0. The Hall–Kier alpha value is -1.81. The number of carboxylic acid groups (broad SMARTS) is 1. The van der Waals surface area contributed by atoms with E-state index in [9.17, 15) is 4.79 Å². The highest BCUT2D eigenvalue weighted by Gasteiger charge is 2.13. The first-order valence-corrected chi connectivity index (χ1v) is 5.01. The third-order valence-corrected chi connectivity index (χ3v) is 2.74. The Bertz CT molecular complexity index is 535. The van der Waals surface area contributed by atoms with Crippen LogP contribution in [0.15, 0.2) is 30.6 Å². The first-order chi connectivity index (χ1) is 7.59. The van der Waals surface area contributed by atoms with Crippen LogP contribution in [0.1, 0.15) is 15.9 Å². The zero-order chi connectivity index (χ0) is 11.7. The Kier molecular flexibility index (Phi) is 2.66. The number of rotatable bonds is 2. The van der Waals surface area contributed by atoms with Gasteiger partial charge >= 0.3 is 5.97 Å². The van der Waals surface area contributed by atoms with Gasteiger partial charge in [0.1, 0.15) is 0 Å². The van der Waals surface area contributed by atoms with Gasteiger partial charge in [-0.2, -0.15) is 5.10 Å². The van der Waals surface area contributed by atoms with Gasteiger partial charge in [-0.1, -0.05) is 11.6 Å². The SMILES string of the molecule is Cc1cc(-n2cccn2)cc(C(=O)O)c1Cl. The normalized spacial score (nSPS) is 10.4. The van der Waals surface area contributed by atoms with Gasteiger partial charge in [0.25, 0.3) is 0 Å². The molecule has 0 fully saturated rings. The number of benzene rings is 1. The largest absolute Gasteiger partial charge is 0.478 e. The van der Waals surface area contributed by atoms with Crippen LogP contribution in [0.2, 0.25) is 5.02 Å². The Morgan fingerprint density at radius 2 is 2.25 bits per heavy atom. The summed E-state index contributed by atoms with van der Waals surface area (Å²) in [6, 6.07) is 5.07. The number of hydrogen-bond donors (Lipinski definition) is 1. The Morgan fingerprint density at radius 1 is 1.50 bits per heavy atom. The Balaban J connectivity index is 2.62. The van der Waals surface area contributed by atoms with Crippen LogP contribution in [0.3, 0.4) is 0 Å². The van der Waals surface area contributed by atoms with Crippen molar-refractivity contribution in [2.75, 3.05) is 0 Å². The molecule has 0 aliphatic heterocycles. The number of nitrogens with zero attached hydrogens (tertiary/aromatic N) is 2. The molecule has 0 spiro atoms. The summed E-state index contributed by atoms with van der Waals surface area (Å²) < 4.78 is 1.59. The molecule has 2 aromatic rings. The molecule has 0 radical (unpaired) electrons. The van der Waals surface area contributed by atoms with Crippen molar-refractivity contribution in [1.82, 2.24) is 9.78 Å². The molecular weight excluding hydrogens is 228 g/mol. The lowest BCUT2D eigenvalue weighted by Gasteiger charge is -2.07. The first-order valence-electron chi connectivity index (χ1n) is 4.63. The molecule has 0 atom stereocenters. The van der Waals surface area contributed by atoms with Crippen LogP contribution in [0, 0.1) is 6.92 Å². The predicted molar refractivity (Wildman–Crippen MR) is 60.3 cm³/mol. The average molecular weight is 237 g/mol. The highest BCUT2D eigenvalue weighted by atomic mass is 35.5. The summed E-state index contributed by atoms with van der Waals surface area (Å²) >= 11 is 5.91. The lowest BCUT2D eigenvalue weighted by Crippen LogP contribution is -2.03. The van der Waals surface area contributed by atoms with Crippen molar-refractivity contribution in [2.24, 2.45) is 0 Å². The maximum absolute atomic E-state index is 11.0. The van der Waals surface area contributed by atoms with E-state index < -0.39 is 5.97 Å². The zero-order valence-electron chi connectivity index (χ0n) is 8.51. The molecule has 0 amide bonds. The van der Waals surface area contributed by atoms with Crippen molar-refractivity contribution in [1.29, 1.82) is 0 Å². The van der Waals surface area contributed by atoms with Gasteiger partial charge < -0.3 is 5.11 Å². The topological polar surface area (TPSA) is 55.1 Å². The van der Waals surface area contributed by atoms with Gasteiger partial charge in [-0.25, -0.2) is 9.48 Å². The molecule has 1 aromatic heterocycles. The Morgan fingerprint density at radius 3 is 2.81 bits per heavy atom. The van der Waals surface area contributed by atoms with E-state index in [1.807, 2.05) is 0 Å². The zero-order valence-corrected chi connectivity index (χ0v) is 9.27. The highest BCUT2D eigenvalue weighted by molar-refractivity contribution is 6.34. The molecule has 0 unspecified atom stereocenters. The summed E-state index contributed by atoms with van der Waals surface area (Å²) in [6.45, 7) is 1.77. The lowest BCUT2D eigenvalue weighted by molar-refractivity contribution is 0.0697. The van der Waals surface area contributed by atoms with E-state index in [0.29, 0.717) is 11.3 Å². The quantitative estimate of drug-likeness (QED) is 0.872. The first kappa shape index (κ1) is 10.7. The van der Waals surface area contributed by atoms with E-state index in [4.69, 9.17) is 16.7 Å². The molecule has 2 rings (SSSR count). The summed E-state index contributed by atoms with van der Waals surface area (Å²) in [4.78, 5) is 11.0. The molecule has 1 aromatic carbocycles. The minimum atomic E-state index is -1.04. The maximum Gasteiger partial charge on any atom is 0.337 e. The standard InChI is InChI=1S/C11H9ClN2O2/c1-7-5-8(14-4-2-3-13-14)6-9(10(7)12)11(15)16/h2-6H,1H3,(H,15,16). The molecule has 82 valence electrons. The Labute approximate surface area is 97.1 Å². The molecule has 0 saturated heterocycles. The van der Waals surface area contributed by atoms with Gasteiger partial charge in [0.05, 0.1) is 16.3 Å². The van der Waals surface area contributed by atoms with E-state index >= 15 is 0 Å². The molecule has 16 heavy (non-hydrogen) atoms. The molecule has 1 N–H and O–H groups in total. The number of aromatic carboxylic acids is 1. The van der Waals surface area contributed by atoms with E-state index in [0.717, 1.165) is 0 Å². The third kappa shape index (κ3) is 1.79. The van der Waals surface area contributed by atoms with Crippen LogP contribution in [0.5, 0.6) is 0 Å². The van der Waals surface area contributed by atoms with Gasteiger partial charge in [-0.15, -0.1) is 0 Å². The second-order valence-electron chi connectivity index (χ2n) is 3.38. The second kappa shape index (κ2) is 3.98. The van der Waals surface area contributed by atoms with Gasteiger partial charge in [-0.3, -0.25) is 0 Å². The van der Waals surface area contributed by atoms with Crippen molar-refractivity contribution >= 4 is 17.6 Å². The fourth-order valence-electron chi connectivity index (χ4n) is 1.46. The monoisotopic (exact) mass is 236 g/mol. The van der Waals surface area contributed by atoms with Crippen LogP contribution in [0.25, 0.3) is 5.69 Å². The lowest BCUT2D eigenvalue weighted by atomic mass is 10.1. The van der Waals surface area contributed by atoms with E-state index in [1.54, 1.807) is 36.1 Å². The van der Waals surface area contributed by atoms with Gasteiger partial charge in [0.15, 0.2) is 0 Å². The molecule has 4 nitrogen and oxygen atoms in total. The number of aromatic nitrogens is 2. The molecule has 1 heterocycles. The third-order valence-electron chi connectivity index (χ3n) is 2.24. The summed E-state index contributed by atoms with van der Waals surface area (Å²) in [5.74, 6) is -1.04. The summed E-state index contributed by atoms with van der Waals surface area (Å²) in [5, 5.41) is 13.3. The smallest absolute Gasteiger partial charge is 0.337 e. The molecule has 0 bridgehead atoms. The number of hydrogen-bond acceptors (Lipinski definition) is 2. The van der Waals surface area contributed by atoms with Crippen molar-refractivity contribution in [3.63, 3.8) is 0 Å². The molecule has 0 aliphatic carbocycles. The fraction of sp³-hybridized carbons (Fsp3) is 0.0909. The fourth-order valence-corrected chi connectivity index (χ4v) is 1.65. The van der Waals surface area contributed by atoms with Crippen molar-refractivity contribution in [2.45, 2.75) is 6.92 Å². The summed E-state index contributed by atoms with van der Waals surface area (Å²) in [6.07, 6.45) is 3.37. The minimum absolute atomic E-state index is 0.0900.